The first kappa shape index (κ1) is 14.7. The van der Waals surface area contributed by atoms with Crippen molar-refractivity contribution in [3.63, 3.8) is 0 Å². The largest absolute Gasteiger partial charge is 0.378 e. The molecule has 3 rings (SSSR count). The summed E-state index contributed by atoms with van der Waals surface area (Å²) in [6.07, 6.45) is 0.243. The van der Waals surface area contributed by atoms with E-state index in [1.54, 1.807) is 11.0 Å². The lowest BCUT2D eigenvalue weighted by molar-refractivity contribution is -0.140. The van der Waals surface area contributed by atoms with Crippen LogP contribution in [0.4, 0.5) is 4.39 Å². The second-order valence-corrected chi connectivity index (χ2v) is 5.55. The Balaban J connectivity index is 1.73. The van der Waals surface area contributed by atoms with Crippen molar-refractivity contribution in [2.24, 2.45) is 0 Å². The number of carbonyl (C=O) groups excluding carboxylic acids is 1. The SMILES string of the molecule is O=C(C(O)c1cccc(F)c1)N1CCc2ccccc2CC1. The number of aliphatic hydroxyl groups is 1. The number of amides is 1. The Morgan fingerprint density at radius 2 is 1.68 bits per heavy atom. The van der Waals surface area contributed by atoms with Gasteiger partial charge in [-0.05, 0) is 41.7 Å². The molecule has 0 bridgehead atoms. The smallest absolute Gasteiger partial charge is 0.256 e. The normalized spacial score (nSPS) is 15.8. The molecule has 1 aliphatic heterocycles. The van der Waals surface area contributed by atoms with Crippen LogP contribution in [-0.4, -0.2) is 29.0 Å². The van der Waals surface area contributed by atoms with E-state index in [2.05, 4.69) is 12.1 Å². The van der Waals surface area contributed by atoms with Gasteiger partial charge in [0.25, 0.3) is 5.91 Å². The third kappa shape index (κ3) is 3.02. The lowest BCUT2D eigenvalue weighted by Crippen LogP contribution is -2.37. The van der Waals surface area contributed by atoms with Gasteiger partial charge < -0.3 is 10.0 Å². The van der Waals surface area contributed by atoms with E-state index in [1.807, 2.05) is 12.1 Å². The molecule has 0 spiro atoms. The van der Waals surface area contributed by atoms with E-state index in [4.69, 9.17) is 0 Å². The molecule has 22 heavy (non-hydrogen) atoms. The molecule has 0 radical (unpaired) electrons. The Morgan fingerprint density at radius 1 is 1.05 bits per heavy atom. The number of hydrogen-bond acceptors (Lipinski definition) is 2. The molecule has 1 unspecified atom stereocenters. The van der Waals surface area contributed by atoms with E-state index < -0.39 is 11.9 Å². The summed E-state index contributed by atoms with van der Waals surface area (Å²) in [4.78, 5) is 14.1. The Bertz CT molecular complexity index is 659. The number of rotatable bonds is 2. The topological polar surface area (TPSA) is 40.5 Å². The summed E-state index contributed by atoms with van der Waals surface area (Å²) >= 11 is 0. The molecule has 0 fully saturated rings. The van der Waals surface area contributed by atoms with Crippen LogP contribution in [0.2, 0.25) is 0 Å². The highest BCUT2D eigenvalue weighted by molar-refractivity contribution is 5.82. The molecule has 0 saturated heterocycles. The van der Waals surface area contributed by atoms with Crippen molar-refractivity contribution in [2.45, 2.75) is 18.9 Å². The highest BCUT2D eigenvalue weighted by atomic mass is 19.1. The zero-order valence-electron chi connectivity index (χ0n) is 12.2. The summed E-state index contributed by atoms with van der Waals surface area (Å²) in [6.45, 7) is 1.14. The van der Waals surface area contributed by atoms with Gasteiger partial charge in [0.2, 0.25) is 0 Å². The van der Waals surface area contributed by atoms with Gasteiger partial charge in [0.05, 0.1) is 0 Å². The molecule has 3 nitrogen and oxygen atoms in total. The molecule has 1 heterocycles. The summed E-state index contributed by atoms with van der Waals surface area (Å²) in [5, 5.41) is 10.2. The fraction of sp³-hybridized carbons (Fsp3) is 0.278. The van der Waals surface area contributed by atoms with Crippen molar-refractivity contribution in [3.05, 3.63) is 71.0 Å². The summed E-state index contributed by atoms with van der Waals surface area (Å²) in [6, 6.07) is 13.7. The van der Waals surface area contributed by atoms with Crippen LogP contribution in [0.15, 0.2) is 48.5 Å². The van der Waals surface area contributed by atoms with Crippen molar-refractivity contribution in [2.75, 3.05) is 13.1 Å². The van der Waals surface area contributed by atoms with Gasteiger partial charge in [0.15, 0.2) is 6.10 Å². The maximum atomic E-state index is 13.2. The second-order valence-electron chi connectivity index (χ2n) is 5.55. The minimum Gasteiger partial charge on any atom is -0.378 e. The Hall–Kier alpha value is -2.20. The van der Waals surface area contributed by atoms with Gasteiger partial charge in [0, 0.05) is 13.1 Å². The second kappa shape index (κ2) is 6.28. The zero-order valence-corrected chi connectivity index (χ0v) is 12.2. The highest BCUT2D eigenvalue weighted by Gasteiger charge is 2.25. The maximum absolute atomic E-state index is 13.2. The first-order valence-corrected chi connectivity index (χ1v) is 7.44. The molecular formula is C18H18FNO2. The molecule has 0 aliphatic carbocycles. The predicted octanol–water partition coefficient (Wildman–Crippen LogP) is 2.49. The maximum Gasteiger partial charge on any atom is 0.256 e. The molecule has 1 amide bonds. The van der Waals surface area contributed by atoms with Crippen molar-refractivity contribution in [1.29, 1.82) is 0 Å². The highest BCUT2D eigenvalue weighted by Crippen LogP contribution is 2.20. The van der Waals surface area contributed by atoms with Gasteiger partial charge >= 0.3 is 0 Å². The molecule has 4 heteroatoms. The molecule has 1 atom stereocenters. The number of aliphatic hydroxyl groups excluding tert-OH is 1. The van der Waals surface area contributed by atoms with Crippen molar-refractivity contribution in [1.82, 2.24) is 4.90 Å². The Morgan fingerprint density at radius 3 is 2.27 bits per heavy atom. The van der Waals surface area contributed by atoms with Crippen LogP contribution in [0, 0.1) is 5.82 Å². The number of nitrogens with zero attached hydrogens (tertiary/aromatic N) is 1. The van der Waals surface area contributed by atoms with E-state index >= 15 is 0 Å². The number of halogens is 1. The summed E-state index contributed by atoms with van der Waals surface area (Å²) in [7, 11) is 0. The molecular weight excluding hydrogens is 281 g/mol. The van der Waals surface area contributed by atoms with Gasteiger partial charge in [-0.2, -0.15) is 0 Å². The first-order chi connectivity index (χ1) is 10.6. The van der Waals surface area contributed by atoms with E-state index in [-0.39, 0.29) is 5.91 Å². The third-order valence-corrected chi connectivity index (χ3v) is 4.13. The standard InChI is InChI=1S/C18H18FNO2/c19-16-7-3-6-15(12-16)17(21)18(22)20-10-8-13-4-1-2-5-14(13)9-11-20/h1-7,12,17,21H,8-11H2. The van der Waals surface area contributed by atoms with Gasteiger partial charge in [-0.15, -0.1) is 0 Å². The van der Waals surface area contributed by atoms with E-state index in [0.29, 0.717) is 18.7 Å². The lowest BCUT2D eigenvalue weighted by atomic mass is 10.0. The van der Waals surface area contributed by atoms with Crippen LogP contribution in [0.25, 0.3) is 0 Å². The van der Waals surface area contributed by atoms with Crippen molar-refractivity contribution < 1.29 is 14.3 Å². The molecule has 2 aromatic rings. The molecule has 1 aliphatic rings. The summed E-state index contributed by atoms with van der Waals surface area (Å²) in [5.41, 5.74) is 2.79. The molecule has 0 aromatic heterocycles. The van der Waals surface area contributed by atoms with Gasteiger partial charge in [-0.3, -0.25) is 4.79 Å². The van der Waals surface area contributed by atoms with E-state index in [9.17, 15) is 14.3 Å². The number of benzene rings is 2. The van der Waals surface area contributed by atoms with Crippen molar-refractivity contribution >= 4 is 5.91 Å². The zero-order chi connectivity index (χ0) is 15.5. The van der Waals surface area contributed by atoms with Crippen LogP contribution in [0.5, 0.6) is 0 Å². The van der Waals surface area contributed by atoms with Crippen LogP contribution in [-0.2, 0) is 17.6 Å². The van der Waals surface area contributed by atoms with Crippen LogP contribution in [0.3, 0.4) is 0 Å². The fourth-order valence-electron chi connectivity index (χ4n) is 2.88. The first-order valence-electron chi connectivity index (χ1n) is 7.44. The number of fused-ring (bicyclic) bond motifs is 1. The van der Waals surface area contributed by atoms with E-state index in [1.165, 1.54) is 29.3 Å². The van der Waals surface area contributed by atoms with Crippen LogP contribution >= 0.6 is 0 Å². The van der Waals surface area contributed by atoms with Gasteiger partial charge in [0.1, 0.15) is 5.82 Å². The third-order valence-electron chi connectivity index (χ3n) is 4.13. The van der Waals surface area contributed by atoms with Crippen LogP contribution in [0.1, 0.15) is 22.8 Å². The monoisotopic (exact) mass is 299 g/mol. The quantitative estimate of drug-likeness (QED) is 0.925. The Labute approximate surface area is 129 Å². The Kier molecular flexibility index (Phi) is 4.20. The molecule has 2 aromatic carbocycles. The average molecular weight is 299 g/mol. The minimum atomic E-state index is -1.31. The van der Waals surface area contributed by atoms with Gasteiger partial charge in [-0.1, -0.05) is 36.4 Å². The molecule has 114 valence electrons. The number of hydrogen-bond donors (Lipinski definition) is 1. The van der Waals surface area contributed by atoms with Gasteiger partial charge in [-0.25, -0.2) is 4.39 Å². The van der Waals surface area contributed by atoms with Crippen LogP contribution < -0.4 is 0 Å². The fourth-order valence-corrected chi connectivity index (χ4v) is 2.88. The average Bonchev–Trinajstić information content (AvgIpc) is 2.76. The summed E-state index contributed by atoms with van der Waals surface area (Å²) in [5.74, 6) is -0.814. The molecule has 0 saturated carbocycles. The lowest BCUT2D eigenvalue weighted by Gasteiger charge is -2.23. The minimum absolute atomic E-state index is 0.298. The van der Waals surface area contributed by atoms with E-state index in [0.717, 1.165) is 12.8 Å². The predicted molar refractivity (Wildman–Crippen MR) is 81.8 cm³/mol. The summed E-state index contributed by atoms with van der Waals surface area (Å²) < 4.78 is 13.2. The number of carbonyl (C=O) groups is 1. The van der Waals surface area contributed by atoms with Crippen molar-refractivity contribution in [3.8, 4) is 0 Å². The molecule has 1 N–H and O–H groups in total.